The van der Waals surface area contributed by atoms with Crippen LogP contribution in [-0.4, -0.2) is 18.1 Å². The molecule has 30 heavy (non-hydrogen) atoms. The van der Waals surface area contributed by atoms with Gasteiger partial charge in [0, 0.05) is 12.3 Å². The van der Waals surface area contributed by atoms with Gasteiger partial charge >= 0.3 is 0 Å². The molecule has 0 fully saturated rings. The molecule has 1 N–H and O–H groups in total. The molecule has 0 aliphatic carbocycles. The first-order valence-corrected chi connectivity index (χ1v) is 11.0. The van der Waals surface area contributed by atoms with Gasteiger partial charge in [-0.1, -0.05) is 58.0 Å². The second kappa shape index (κ2) is 11.2. The number of hydrogen-bond acceptors (Lipinski definition) is 3. The van der Waals surface area contributed by atoms with Crippen LogP contribution in [0, 0.1) is 18.8 Å². The van der Waals surface area contributed by atoms with E-state index in [-0.39, 0.29) is 5.91 Å². The monoisotopic (exact) mass is 411 g/mol. The number of hydrogen-bond donors (Lipinski definition) is 1. The maximum atomic E-state index is 13.3. The molecule has 0 atom stereocenters. The van der Waals surface area contributed by atoms with E-state index in [1.165, 1.54) is 0 Å². The summed E-state index contributed by atoms with van der Waals surface area (Å²) in [4.78, 5) is 13.3. The minimum absolute atomic E-state index is 0.0656. The number of nitrogens with one attached hydrogen (secondary N) is 1. The fourth-order valence-electron chi connectivity index (χ4n) is 3.92. The third kappa shape index (κ3) is 6.88. The lowest BCUT2D eigenvalue weighted by atomic mass is 9.83. The van der Waals surface area contributed by atoms with Gasteiger partial charge in [-0.05, 0) is 67.9 Å². The SMILES string of the molecule is CCOC(CC(C)C)(CC(C)C)C(=O)Nc1ccc(OCc2ccccc2)c(C)c1. The summed E-state index contributed by atoms with van der Waals surface area (Å²) < 4.78 is 12.0. The van der Waals surface area contributed by atoms with Crippen LogP contribution in [0.3, 0.4) is 0 Å². The zero-order valence-electron chi connectivity index (χ0n) is 19.3. The fraction of sp³-hybridized carbons (Fsp3) is 0.500. The Labute approximate surface area is 182 Å². The van der Waals surface area contributed by atoms with Crippen molar-refractivity contribution in [3.8, 4) is 5.75 Å². The number of carbonyl (C=O) groups is 1. The van der Waals surface area contributed by atoms with Crippen molar-refractivity contribution < 1.29 is 14.3 Å². The Hall–Kier alpha value is -2.33. The van der Waals surface area contributed by atoms with Gasteiger partial charge in [0.1, 0.15) is 18.0 Å². The molecule has 0 radical (unpaired) electrons. The molecular formula is C26H37NO3. The van der Waals surface area contributed by atoms with Gasteiger partial charge in [-0.25, -0.2) is 0 Å². The van der Waals surface area contributed by atoms with Crippen molar-refractivity contribution in [2.45, 2.75) is 66.6 Å². The second-order valence-electron chi connectivity index (χ2n) is 8.83. The van der Waals surface area contributed by atoms with E-state index in [0.29, 0.717) is 37.9 Å². The first-order valence-electron chi connectivity index (χ1n) is 11.0. The summed E-state index contributed by atoms with van der Waals surface area (Å²) in [5, 5.41) is 3.10. The van der Waals surface area contributed by atoms with Crippen LogP contribution in [0.4, 0.5) is 5.69 Å². The summed E-state index contributed by atoms with van der Waals surface area (Å²) in [6, 6.07) is 15.9. The van der Waals surface area contributed by atoms with Crippen molar-refractivity contribution in [2.24, 2.45) is 11.8 Å². The summed E-state index contributed by atoms with van der Waals surface area (Å²) in [5.74, 6) is 1.47. The Balaban J connectivity index is 2.14. The third-order valence-electron chi connectivity index (χ3n) is 4.98. The summed E-state index contributed by atoms with van der Waals surface area (Å²) in [5.41, 5.74) is 2.06. The molecule has 0 heterocycles. The van der Waals surface area contributed by atoms with E-state index < -0.39 is 5.60 Å². The predicted molar refractivity (Wildman–Crippen MR) is 124 cm³/mol. The Morgan fingerprint density at radius 3 is 2.17 bits per heavy atom. The maximum absolute atomic E-state index is 13.3. The molecule has 2 aromatic carbocycles. The van der Waals surface area contributed by atoms with E-state index in [1.54, 1.807) is 0 Å². The van der Waals surface area contributed by atoms with Crippen LogP contribution in [0.1, 0.15) is 58.6 Å². The highest BCUT2D eigenvalue weighted by atomic mass is 16.5. The quantitative estimate of drug-likeness (QED) is 0.467. The van der Waals surface area contributed by atoms with Gasteiger partial charge in [-0.2, -0.15) is 0 Å². The molecule has 0 saturated heterocycles. The molecule has 4 heteroatoms. The van der Waals surface area contributed by atoms with Gasteiger partial charge in [0.15, 0.2) is 0 Å². The molecule has 164 valence electrons. The van der Waals surface area contributed by atoms with Crippen molar-refractivity contribution in [3.63, 3.8) is 0 Å². The van der Waals surface area contributed by atoms with Crippen molar-refractivity contribution in [3.05, 3.63) is 59.7 Å². The van der Waals surface area contributed by atoms with Crippen LogP contribution in [0.2, 0.25) is 0 Å². The zero-order chi connectivity index (χ0) is 22.1. The first-order chi connectivity index (χ1) is 14.3. The summed E-state index contributed by atoms with van der Waals surface area (Å²) in [7, 11) is 0. The zero-order valence-corrected chi connectivity index (χ0v) is 19.3. The van der Waals surface area contributed by atoms with Crippen LogP contribution in [0.5, 0.6) is 5.75 Å². The molecule has 2 rings (SSSR count). The number of benzene rings is 2. The average Bonchev–Trinajstić information content (AvgIpc) is 2.67. The number of anilines is 1. The van der Waals surface area contributed by atoms with Crippen LogP contribution in [0.15, 0.2) is 48.5 Å². The van der Waals surface area contributed by atoms with Gasteiger partial charge in [-0.15, -0.1) is 0 Å². The number of carbonyl (C=O) groups excluding carboxylic acids is 1. The van der Waals surface area contributed by atoms with E-state index in [0.717, 1.165) is 22.6 Å². The maximum Gasteiger partial charge on any atom is 0.256 e. The van der Waals surface area contributed by atoms with Crippen LogP contribution < -0.4 is 10.1 Å². The van der Waals surface area contributed by atoms with Crippen LogP contribution in [-0.2, 0) is 16.1 Å². The Morgan fingerprint density at radius 1 is 1.00 bits per heavy atom. The molecule has 1 amide bonds. The topological polar surface area (TPSA) is 47.6 Å². The molecule has 2 aromatic rings. The third-order valence-corrected chi connectivity index (χ3v) is 4.98. The molecule has 0 bridgehead atoms. The molecule has 0 spiro atoms. The number of amides is 1. The lowest BCUT2D eigenvalue weighted by Crippen LogP contribution is -2.47. The number of aryl methyl sites for hydroxylation is 1. The van der Waals surface area contributed by atoms with Crippen molar-refractivity contribution in [1.82, 2.24) is 0 Å². The summed E-state index contributed by atoms with van der Waals surface area (Å²) >= 11 is 0. The molecule has 0 aliphatic heterocycles. The Morgan fingerprint density at radius 2 is 1.63 bits per heavy atom. The average molecular weight is 412 g/mol. The van der Waals surface area contributed by atoms with Gasteiger partial charge in [0.2, 0.25) is 0 Å². The standard InChI is InChI=1S/C26H37NO3/c1-7-30-26(16-19(2)3,17-20(4)5)25(28)27-23-13-14-24(21(6)15-23)29-18-22-11-9-8-10-12-22/h8-15,19-20H,7,16-18H2,1-6H3,(H,27,28). The molecule has 0 aromatic heterocycles. The first kappa shape index (κ1) is 23.9. The van der Waals surface area contributed by atoms with Gasteiger partial charge in [0.05, 0.1) is 0 Å². The number of ether oxygens (including phenoxy) is 2. The van der Waals surface area contributed by atoms with Crippen molar-refractivity contribution in [2.75, 3.05) is 11.9 Å². The van der Waals surface area contributed by atoms with E-state index >= 15 is 0 Å². The minimum Gasteiger partial charge on any atom is -0.489 e. The van der Waals surface area contributed by atoms with Gasteiger partial charge in [-0.3, -0.25) is 4.79 Å². The normalized spacial score (nSPS) is 11.7. The van der Waals surface area contributed by atoms with E-state index in [9.17, 15) is 4.79 Å². The molecular weight excluding hydrogens is 374 g/mol. The lowest BCUT2D eigenvalue weighted by Gasteiger charge is -2.35. The molecule has 4 nitrogen and oxygen atoms in total. The van der Waals surface area contributed by atoms with E-state index in [2.05, 4.69) is 33.0 Å². The highest BCUT2D eigenvalue weighted by Crippen LogP contribution is 2.31. The predicted octanol–water partition coefficient (Wildman–Crippen LogP) is 6.38. The van der Waals surface area contributed by atoms with Gasteiger partial charge < -0.3 is 14.8 Å². The van der Waals surface area contributed by atoms with E-state index in [4.69, 9.17) is 9.47 Å². The minimum atomic E-state index is -0.812. The number of rotatable bonds is 11. The smallest absolute Gasteiger partial charge is 0.256 e. The van der Waals surface area contributed by atoms with Crippen molar-refractivity contribution >= 4 is 11.6 Å². The van der Waals surface area contributed by atoms with Crippen LogP contribution in [0.25, 0.3) is 0 Å². The Kier molecular flexibility index (Phi) is 8.91. The molecule has 0 unspecified atom stereocenters. The summed E-state index contributed by atoms with van der Waals surface area (Å²) in [6.07, 6.45) is 1.39. The van der Waals surface area contributed by atoms with E-state index in [1.807, 2.05) is 62.4 Å². The summed E-state index contributed by atoms with van der Waals surface area (Å²) in [6.45, 7) is 13.5. The largest absolute Gasteiger partial charge is 0.489 e. The van der Waals surface area contributed by atoms with Gasteiger partial charge in [0.25, 0.3) is 5.91 Å². The second-order valence-corrected chi connectivity index (χ2v) is 8.83. The highest BCUT2D eigenvalue weighted by molar-refractivity contribution is 5.97. The Bertz CT molecular complexity index is 789. The van der Waals surface area contributed by atoms with Crippen molar-refractivity contribution in [1.29, 1.82) is 0 Å². The molecule has 0 saturated carbocycles. The fourth-order valence-corrected chi connectivity index (χ4v) is 3.92. The lowest BCUT2D eigenvalue weighted by molar-refractivity contribution is -0.146. The highest BCUT2D eigenvalue weighted by Gasteiger charge is 2.40. The molecule has 0 aliphatic rings. The van der Waals surface area contributed by atoms with Crippen LogP contribution >= 0.6 is 0 Å².